The third kappa shape index (κ3) is 7.00. The summed E-state index contributed by atoms with van der Waals surface area (Å²) in [5.74, 6) is -1.03. The third-order valence-corrected chi connectivity index (χ3v) is 7.60. The first-order chi connectivity index (χ1) is 19.5. The number of rotatable bonds is 12. The number of amides is 3. The lowest BCUT2D eigenvalue weighted by molar-refractivity contribution is -0.129. The largest absolute Gasteiger partial charge is 0.357 e. The summed E-state index contributed by atoms with van der Waals surface area (Å²) >= 11 is 0. The van der Waals surface area contributed by atoms with Gasteiger partial charge in [0.2, 0.25) is 18.2 Å². The number of aromatic nitrogens is 2. The van der Waals surface area contributed by atoms with Gasteiger partial charge in [0.25, 0.3) is 0 Å². The molecule has 1 aliphatic carbocycles. The Morgan fingerprint density at radius 2 is 1.90 bits per heavy atom. The molecule has 2 aromatic carbocycles. The zero-order chi connectivity index (χ0) is 29.8. The number of carbonyl (C=O) groups is 4. The molecule has 0 bridgehead atoms. The van der Waals surface area contributed by atoms with Gasteiger partial charge in [0.05, 0.1) is 11.7 Å². The van der Waals surface area contributed by atoms with Crippen LogP contribution < -0.4 is 16.0 Å². The third-order valence-electron chi connectivity index (χ3n) is 7.60. The highest BCUT2D eigenvalue weighted by Crippen LogP contribution is 2.32. The molecule has 4 N–H and O–H groups in total. The van der Waals surface area contributed by atoms with Gasteiger partial charge in [-0.05, 0) is 59.3 Å². The Balaban J connectivity index is 1.46. The molecule has 2 unspecified atom stereocenters. The summed E-state index contributed by atoms with van der Waals surface area (Å²) in [5, 5.41) is 16.5. The summed E-state index contributed by atoms with van der Waals surface area (Å²) in [4.78, 5) is 51.2. The number of hydrogen-bond acceptors (Lipinski definition) is 6. The van der Waals surface area contributed by atoms with Crippen LogP contribution in [0.15, 0.2) is 36.5 Å². The van der Waals surface area contributed by atoms with Crippen molar-refractivity contribution in [2.45, 2.75) is 58.5 Å². The molecular formula is C31H40N6O4. The second-order valence-corrected chi connectivity index (χ2v) is 12.4. The van der Waals surface area contributed by atoms with Crippen LogP contribution >= 0.6 is 0 Å². The van der Waals surface area contributed by atoms with Crippen LogP contribution in [0.25, 0.3) is 10.9 Å². The van der Waals surface area contributed by atoms with Gasteiger partial charge in [-0.15, -0.1) is 0 Å². The average molecular weight is 561 g/mol. The highest BCUT2D eigenvalue weighted by molar-refractivity contribution is 5.93. The van der Waals surface area contributed by atoms with Crippen molar-refractivity contribution >= 4 is 41.1 Å². The maximum Gasteiger partial charge on any atom is 0.246 e. The molecule has 1 aliphatic rings. The Hall–Kier alpha value is -4.05. The Kier molecular flexibility index (Phi) is 8.92. The fourth-order valence-electron chi connectivity index (χ4n) is 5.97. The topological polar surface area (TPSA) is 136 Å². The van der Waals surface area contributed by atoms with E-state index in [0.29, 0.717) is 37.9 Å². The predicted molar refractivity (Wildman–Crippen MR) is 158 cm³/mol. The van der Waals surface area contributed by atoms with Crippen molar-refractivity contribution in [2.24, 2.45) is 11.3 Å². The summed E-state index contributed by atoms with van der Waals surface area (Å²) in [6.07, 6.45) is 4.39. The van der Waals surface area contributed by atoms with E-state index < -0.39 is 11.5 Å². The number of H-pyrrole nitrogens is 1. The van der Waals surface area contributed by atoms with E-state index in [0.717, 1.165) is 46.0 Å². The number of carbonyl (C=O) groups excluding carboxylic acids is 4. The molecule has 0 spiro atoms. The van der Waals surface area contributed by atoms with Crippen molar-refractivity contribution in [3.63, 3.8) is 0 Å². The maximum absolute atomic E-state index is 13.0. The highest BCUT2D eigenvalue weighted by atomic mass is 16.2. The van der Waals surface area contributed by atoms with Crippen molar-refractivity contribution in [1.82, 2.24) is 25.7 Å². The number of nitrogens with one attached hydrogen (secondary N) is 4. The molecule has 3 amide bonds. The molecule has 0 saturated carbocycles. The monoisotopic (exact) mass is 560 g/mol. The fourth-order valence-corrected chi connectivity index (χ4v) is 5.97. The minimum Gasteiger partial charge on any atom is -0.357 e. The van der Waals surface area contributed by atoms with E-state index in [1.807, 2.05) is 30.5 Å². The molecule has 0 aliphatic heterocycles. The van der Waals surface area contributed by atoms with Crippen LogP contribution in [0.2, 0.25) is 0 Å². The quantitative estimate of drug-likeness (QED) is 0.252. The first-order valence-electron chi connectivity index (χ1n) is 13.9. The summed E-state index contributed by atoms with van der Waals surface area (Å²) in [7, 11) is 3.62. The average Bonchev–Trinajstić information content (AvgIpc) is 3.53. The van der Waals surface area contributed by atoms with Crippen LogP contribution in [-0.4, -0.2) is 65.8 Å². The van der Waals surface area contributed by atoms with Crippen LogP contribution in [-0.2, 0) is 45.0 Å². The molecule has 41 heavy (non-hydrogen) atoms. The van der Waals surface area contributed by atoms with E-state index >= 15 is 0 Å². The number of fused-ring (bicyclic) bond motifs is 2. The molecule has 218 valence electrons. The fraction of sp³-hybridized carbons (Fsp3) is 0.452. The zero-order valence-electron chi connectivity index (χ0n) is 24.5. The maximum atomic E-state index is 13.0. The molecular weight excluding hydrogens is 520 g/mol. The van der Waals surface area contributed by atoms with E-state index in [1.165, 1.54) is 7.05 Å². The number of hydrogen-bond donors (Lipinski definition) is 4. The van der Waals surface area contributed by atoms with Crippen molar-refractivity contribution in [1.29, 1.82) is 0 Å². The number of likely N-dealkylation sites (N-methyl/N-ethyl adjacent to an activating group) is 1. The Morgan fingerprint density at radius 3 is 2.59 bits per heavy atom. The van der Waals surface area contributed by atoms with Gasteiger partial charge >= 0.3 is 0 Å². The lowest BCUT2D eigenvalue weighted by Crippen LogP contribution is -2.56. The van der Waals surface area contributed by atoms with Gasteiger partial charge in [-0.2, -0.15) is 5.10 Å². The van der Waals surface area contributed by atoms with E-state index in [4.69, 9.17) is 0 Å². The van der Waals surface area contributed by atoms with Gasteiger partial charge < -0.3 is 25.6 Å². The van der Waals surface area contributed by atoms with Gasteiger partial charge in [0, 0.05) is 56.4 Å². The second kappa shape index (κ2) is 12.2. The van der Waals surface area contributed by atoms with Crippen LogP contribution in [0.3, 0.4) is 0 Å². The standard InChI is InChI=1S/C31H40N6O4/c1-30(2,3)18-37(5)16-26-21(7-9-27-25(26)15-34-36-27)10-20(17-38)11-28(40)35-24-8-6-22-13-31(33-19-39,29(41)32-4)14-23(22)12-24/h6-9,12,15,17,19-20H,10-11,13-14,16,18H2,1-5H3,(H,32,41)(H,33,39)(H,34,36)(H,35,40). The molecule has 1 heterocycles. The SMILES string of the molecule is CNC(=O)C1(NC=O)Cc2ccc(NC(=O)CC(C=O)Cc3ccc4[nH]ncc4c3CN(C)CC(C)(C)C)cc2C1. The molecule has 2 atom stereocenters. The highest BCUT2D eigenvalue weighted by Gasteiger charge is 2.43. The second-order valence-electron chi connectivity index (χ2n) is 12.4. The lowest BCUT2D eigenvalue weighted by Gasteiger charge is -2.27. The molecule has 4 rings (SSSR count). The number of nitrogens with zero attached hydrogens (tertiary/aromatic N) is 2. The molecule has 10 heteroatoms. The van der Waals surface area contributed by atoms with Gasteiger partial charge in [-0.1, -0.05) is 32.9 Å². The Morgan fingerprint density at radius 1 is 1.15 bits per heavy atom. The van der Waals surface area contributed by atoms with Crippen LogP contribution in [0.4, 0.5) is 5.69 Å². The lowest BCUT2D eigenvalue weighted by atomic mass is 9.91. The summed E-state index contributed by atoms with van der Waals surface area (Å²) < 4.78 is 0. The molecule has 0 saturated heterocycles. The number of benzene rings is 2. The van der Waals surface area contributed by atoms with Crippen LogP contribution in [0.1, 0.15) is 49.4 Å². The number of aromatic amines is 1. The molecule has 1 aromatic heterocycles. The molecule has 3 aromatic rings. The van der Waals surface area contributed by atoms with E-state index in [1.54, 1.807) is 6.07 Å². The van der Waals surface area contributed by atoms with E-state index in [9.17, 15) is 19.2 Å². The molecule has 0 fully saturated rings. The summed E-state index contributed by atoms with van der Waals surface area (Å²) in [6, 6.07) is 9.46. The van der Waals surface area contributed by atoms with Crippen molar-refractivity contribution in [2.75, 3.05) is 26.0 Å². The smallest absolute Gasteiger partial charge is 0.246 e. The minimum atomic E-state index is -1.04. The van der Waals surface area contributed by atoms with Gasteiger partial charge in [-0.25, -0.2) is 0 Å². The summed E-state index contributed by atoms with van der Waals surface area (Å²) in [6.45, 7) is 8.20. The number of aldehydes is 1. The summed E-state index contributed by atoms with van der Waals surface area (Å²) in [5.41, 5.74) is 4.56. The van der Waals surface area contributed by atoms with Gasteiger partial charge in [0.1, 0.15) is 11.8 Å². The first-order valence-corrected chi connectivity index (χ1v) is 13.9. The van der Waals surface area contributed by atoms with Crippen molar-refractivity contribution in [3.05, 3.63) is 58.8 Å². The van der Waals surface area contributed by atoms with E-state index in [-0.39, 0.29) is 23.7 Å². The zero-order valence-corrected chi connectivity index (χ0v) is 24.5. The first kappa shape index (κ1) is 29.9. The van der Waals surface area contributed by atoms with Crippen molar-refractivity contribution < 1.29 is 19.2 Å². The van der Waals surface area contributed by atoms with E-state index in [2.05, 4.69) is 58.9 Å². The van der Waals surface area contributed by atoms with Crippen LogP contribution in [0.5, 0.6) is 0 Å². The Labute approximate surface area is 240 Å². The van der Waals surface area contributed by atoms with Gasteiger partial charge in [-0.3, -0.25) is 19.5 Å². The van der Waals surface area contributed by atoms with Crippen molar-refractivity contribution in [3.8, 4) is 0 Å². The molecule has 10 nitrogen and oxygen atoms in total. The molecule has 0 radical (unpaired) electrons. The normalized spacial score (nSPS) is 17.2. The predicted octanol–water partition coefficient (Wildman–Crippen LogP) is 2.76. The number of anilines is 1. The Bertz CT molecular complexity index is 1440. The van der Waals surface area contributed by atoms with Gasteiger partial charge in [0.15, 0.2) is 0 Å². The van der Waals surface area contributed by atoms with Crippen LogP contribution in [0, 0.1) is 11.3 Å². The minimum absolute atomic E-state index is 0.0379.